The molecule has 4 nitrogen and oxygen atoms in total. The molecule has 2 aromatic heterocycles. The number of thioether (sulfide) groups is 1. The van der Waals surface area contributed by atoms with Gasteiger partial charge in [-0.1, -0.05) is 19.8 Å². The van der Waals surface area contributed by atoms with Crippen LogP contribution in [0.15, 0.2) is 11.2 Å². The van der Waals surface area contributed by atoms with E-state index in [2.05, 4.69) is 27.1 Å². The van der Waals surface area contributed by atoms with Crippen molar-refractivity contribution in [2.24, 2.45) is 5.92 Å². The molecule has 2 atom stereocenters. The molecule has 0 amide bonds. The van der Waals surface area contributed by atoms with Crippen LogP contribution in [0.25, 0.3) is 11.0 Å². The van der Waals surface area contributed by atoms with Gasteiger partial charge >= 0.3 is 0 Å². The lowest BCUT2D eigenvalue weighted by molar-refractivity contribution is 0.394. The molecular formula is C12H15ClN4S. The van der Waals surface area contributed by atoms with Crippen LogP contribution in [0.5, 0.6) is 0 Å². The van der Waals surface area contributed by atoms with Gasteiger partial charge < -0.3 is 0 Å². The number of halogens is 1. The number of nitrogens with one attached hydrogen (secondary N) is 1. The fourth-order valence-corrected chi connectivity index (χ4v) is 4.18. The van der Waals surface area contributed by atoms with Gasteiger partial charge in [0.25, 0.3) is 0 Å². The Bertz CT molecular complexity index is 556. The van der Waals surface area contributed by atoms with E-state index < -0.39 is 0 Å². The van der Waals surface area contributed by atoms with Crippen molar-refractivity contribution in [3.8, 4) is 0 Å². The van der Waals surface area contributed by atoms with E-state index in [9.17, 15) is 0 Å². The minimum Gasteiger partial charge on any atom is -0.261 e. The van der Waals surface area contributed by atoms with Gasteiger partial charge in [0, 0.05) is 5.25 Å². The molecule has 0 saturated heterocycles. The van der Waals surface area contributed by atoms with E-state index in [0.717, 1.165) is 22.0 Å². The fourth-order valence-electron chi connectivity index (χ4n) is 2.52. The first kappa shape index (κ1) is 12.2. The normalized spacial score (nSPS) is 24.6. The number of H-pyrrole nitrogens is 1. The van der Waals surface area contributed by atoms with Crippen molar-refractivity contribution < 1.29 is 0 Å². The molecule has 1 aliphatic rings. The van der Waals surface area contributed by atoms with Crippen LogP contribution in [-0.4, -0.2) is 25.4 Å². The van der Waals surface area contributed by atoms with Crippen LogP contribution in [-0.2, 0) is 0 Å². The number of rotatable bonds is 2. The van der Waals surface area contributed by atoms with Crippen molar-refractivity contribution in [2.75, 3.05) is 0 Å². The maximum Gasteiger partial charge on any atom is 0.225 e. The minimum atomic E-state index is 0.290. The summed E-state index contributed by atoms with van der Waals surface area (Å²) >= 11 is 7.76. The highest BCUT2D eigenvalue weighted by Crippen LogP contribution is 2.37. The van der Waals surface area contributed by atoms with Gasteiger partial charge in [-0.2, -0.15) is 10.1 Å². The summed E-state index contributed by atoms with van der Waals surface area (Å²) in [7, 11) is 0. The second kappa shape index (κ2) is 5.05. The van der Waals surface area contributed by atoms with Crippen molar-refractivity contribution in [1.29, 1.82) is 0 Å². The lowest BCUT2D eigenvalue weighted by atomic mass is 9.91. The van der Waals surface area contributed by atoms with E-state index in [1.54, 1.807) is 6.20 Å². The van der Waals surface area contributed by atoms with Crippen molar-refractivity contribution in [3.63, 3.8) is 0 Å². The van der Waals surface area contributed by atoms with E-state index in [1.807, 2.05) is 11.8 Å². The molecule has 2 aromatic rings. The molecule has 0 spiro atoms. The standard InChI is InChI=1S/C12H15ClN4S/c1-7-3-2-4-8(5-7)18-11-9-6-14-17-10(9)15-12(13)16-11/h6-8H,2-5H2,1H3,(H,14,15,16,17). The van der Waals surface area contributed by atoms with Crippen LogP contribution in [0.3, 0.4) is 0 Å². The van der Waals surface area contributed by atoms with Crippen LogP contribution in [0.4, 0.5) is 0 Å². The third-order valence-corrected chi connectivity index (χ3v) is 4.88. The van der Waals surface area contributed by atoms with Crippen molar-refractivity contribution in [2.45, 2.75) is 42.9 Å². The zero-order valence-corrected chi connectivity index (χ0v) is 11.8. The zero-order chi connectivity index (χ0) is 12.5. The summed E-state index contributed by atoms with van der Waals surface area (Å²) in [5.74, 6) is 0.813. The van der Waals surface area contributed by atoms with Gasteiger partial charge in [0.05, 0.1) is 11.6 Å². The van der Waals surface area contributed by atoms with Gasteiger partial charge in [0.15, 0.2) is 5.65 Å². The lowest BCUT2D eigenvalue weighted by Crippen LogP contribution is -2.15. The molecule has 2 heterocycles. The van der Waals surface area contributed by atoms with E-state index >= 15 is 0 Å². The van der Waals surface area contributed by atoms with Gasteiger partial charge in [-0.25, -0.2) is 4.98 Å². The molecule has 2 unspecified atom stereocenters. The van der Waals surface area contributed by atoms with Crippen LogP contribution in [0.2, 0.25) is 5.28 Å². The van der Waals surface area contributed by atoms with Gasteiger partial charge in [0.1, 0.15) is 5.03 Å². The molecule has 1 fully saturated rings. The summed E-state index contributed by atoms with van der Waals surface area (Å²) in [5, 5.41) is 9.72. The molecule has 0 aromatic carbocycles. The van der Waals surface area contributed by atoms with Crippen LogP contribution in [0.1, 0.15) is 32.6 Å². The lowest BCUT2D eigenvalue weighted by Gasteiger charge is -2.25. The van der Waals surface area contributed by atoms with Crippen LogP contribution < -0.4 is 0 Å². The molecule has 0 bridgehead atoms. The molecule has 96 valence electrons. The maximum absolute atomic E-state index is 5.94. The highest BCUT2D eigenvalue weighted by molar-refractivity contribution is 8.00. The van der Waals surface area contributed by atoms with Crippen molar-refractivity contribution in [1.82, 2.24) is 20.2 Å². The summed E-state index contributed by atoms with van der Waals surface area (Å²) in [5.41, 5.74) is 0.723. The van der Waals surface area contributed by atoms with E-state index in [1.165, 1.54) is 25.7 Å². The van der Waals surface area contributed by atoms with Gasteiger partial charge in [0.2, 0.25) is 5.28 Å². The Morgan fingerprint density at radius 3 is 3.11 bits per heavy atom. The molecular weight excluding hydrogens is 268 g/mol. The summed E-state index contributed by atoms with van der Waals surface area (Å²) in [6.07, 6.45) is 6.96. The summed E-state index contributed by atoms with van der Waals surface area (Å²) in [6, 6.07) is 0. The average Bonchev–Trinajstić information content (AvgIpc) is 2.77. The Hall–Kier alpha value is -0.810. The van der Waals surface area contributed by atoms with Crippen LogP contribution in [0, 0.1) is 5.92 Å². The molecule has 0 radical (unpaired) electrons. The fraction of sp³-hybridized carbons (Fsp3) is 0.583. The SMILES string of the molecule is CC1CCCC(Sc2nc(Cl)nc3[nH]ncc23)C1. The number of fused-ring (bicyclic) bond motifs is 1. The van der Waals surface area contributed by atoms with Crippen LogP contribution >= 0.6 is 23.4 Å². The first-order valence-electron chi connectivity index (χ1n) is 6.25. The molecule has 6 heteroatoms. The first-order chi connectivity index (χ1) is 8.72. The molecule has 1 saturated carbocycles. The Morgan fingerprint density at radius 1 is 1.39 bits per heavy atom. The summed E-state index contributed by atoms with van der Waals surface area (Å²) in [4.78, 5) is 8.48. The van der Waals surface area contributed by atoms with Gasteiger partial charge in [-0.15, -0.1) is 11.8 Å². The number of nitrogens with zero attached hydrogens (tertiary/aromatic N) is 3. The number of aromatic nitrogens is 4. The molecule has 1 aliphatic carbocycles. The molecule has 1 N–H and O–H groups in total. The summed E-state index contributed by atoms with van der Waals surface area (Å²) < 4.78 is 0. The monoisotopic (exact) mass is 282 g/mol. The third kappa shape index (κ3) is 2.47. The first-order valence-corrected chi connectivity index (χ1v) is 7.51. The van der Waals surface area contributed by atoms with Gasteiger partial charge in [-0.05, 0) is 30.4 Å². The minimum absolute atomic E-state index is 0.290. The smallest absolute Gasteiger partial charge is 0.225 e. The highest BCUT2D eigenvalue weighted by Gasteiger charge is 2.21. The highest BCUT2D eigenvalue weighted by atomic mass is 35.5. The summed E-state index contributed by atoms with van der Waals surface area (Å²) in [6.45, 7) is 2.33. The Balaban J connectivity index is 1.87. The average molecular weight is 283 g/mol. The van der Waals surface area contributed by atoms with Crippen molar-refractivity contribution in [3.05, 3.63) is 11.5 Å². The number of hydrogen-bond donors (Lipinski definition) is 1. The second-order valence-electron chi connectivity index (χ2n) is 4.94. The van der Waals surface area contributed by atoms with E-state index in [0.29, 0.717) is 5.25 Å². The Morgan fingerprint density at radius 2 is 2.28 bits per heavy atom. The van der Waals surface area contributed by atoms with E-state index in [-0.39, 0.29) is 5.28 Å². The Labute approximate surface area is 115 Å². The molecule has 18 heavy (non-hydrogen) atoms. The third-order valence-electron chi connectivity index (χ3n) is 3.41. The van der Waals surface area contributed by atoms with Crippen molar-refractivity contribution >= 4 is 34.4 Å². The molecule has 0 aliphatic heterocycles. The predicted molar refractivity (Wildman–Crippen MR) is 74.0 cm³/mol. The van der Waals surface area contributed by atoms with Gasteiger partial charge in [-0.3, -0.25) is 5.10 Å². The number of aromatic amines is 1. The topological polar surface area (TPSA) is 54.5 Å². The number of hydrogen-bond acceptors (Lipinski definition) is 4. The van der Waals surface area contributed by atoms with E-state index in [4.69, 9.17) is 11.6 Å². The predicted octanol–water partition coefficient (Wildman–Crippen LogP) is 3.68. The second-order valence-corrected chi connectivity index (χ2v) is 6.57. The largest absolute Gasteiger partial charge is 0.261 e. The maximum atomic E-state index is 5.94. The molecule has 3 rings (SSSR count). The quantitative estimate of drug-likeness (QED) is 0.674. The zero-order valence-electron chi connectivity index (χ0n) is 10.2. The Kier molecular flexibility index (Phi) is 3.43.